The third kappa shape index (κ3) is 2.29. The Labute approximate surface area is 98.0 Å². The normalized spacial score (nSPS) is 21.6. The van der Waals surface area contributed by atoms with Crippen molar-refractivity contribution in [1.82, 2.24) is 20.1 Å². The summed E-state index contributed by atoms with van der Waals surface area (Å²) in [7, 11) is 1.80. The van der Waals surface area contributed by atoms with Gasteiger partial charge in [0.25, 0.3) is 0 Å². The zero-order chi connectivity index (χ0) is 11.5. The van der Waals surface area contributed by atoms with Crippen LogP contribution in [0, 0.1) is 0 Å². The Morgan fingerprint density at radius 2 is 2.31 bits per heavy atom. The first kappa shape index (κ1) is 11.3. The Morgan fingerprint density at radius 1 is 1.50 bits per heavy atom. The van der Waals surface area contributed by atoms with Crippen LogP contribution in [0.25, 0.3) is 0 Å². The molecule has 1 amide bonds. The predicted octanol–water partition coefficient (Wildman–Crippen LogP) is 0.158. The summed E-state index contributed by atoms with van der Waals surface area (Å²) in [5.41, 5.74) is 5.59. The van der Waals surface area contributed by atoms with Gasteiger partial charge in [-0.2, -0.15) is 0 Å². The lowest BCUT2D eigenvalue weighted by Crippen LogP contribution is -2.30. The molecule has 0 aliphatic carbocycles. The number of carbonyl (C=O) groups excluding carboxylic acids is 1. The van der Waals surface area contributed by atoms with Crippen molar-refractivity contribution in [3.8, 4) is 0 Å². The van der Waals surface area contributed by atoms with E-state index in [-0.39, 0.29) is 11.2 Å². The number of nitrogens with one attached hydrogen (secondary N) is 1. The molecule has 88 valence electrons. The highest BCUT2D eigenvalue weighted by molar-refractivity contribution is 8.00. The van der Waals surface area contributed by atoms with E-state index in [1.54, 1.807) is 11.6 Å². The summed E-state index contributed by atoms with van der Waals surface area (Å²) in [6.45, 7) is 0.775. The molecule has 7 heteroatoms. The zero-order valence-corrected chi connectivity index (χ0v) is 9.96. The van der Waals surface area contributed by atoms with Gasteiger partial charge in [0.2, 0.25) is 11.9 Å². The van der Waals surface area contributed by atoms with Crippen molar-refractivity contribution in [2.24, 2.45) is 7.05 Å². The largest absolute Gasteiger partial charge is 0.368 e. The minimum absolute atomic E-state index is 0.0789. The average Bonchev–Trinajstić information content (AvgIpc) is 2.48. The number of aromatic nitrogens is 3. The van der Waals surface area contributed by atoms with E-state index in [4.69, 9.17) is 5.73 Å². The molecule has 1 saturated heterocycles. The maximum Gasteiger partial charge on any atom is 0.233 e. The van der Waals surface area contributed by atoms with Crippen LogP contribution >= 0.6 is 11.8 Å². The third-order valence-electron chi connectivity index (χ3n) is 2.60. The Balaban J connectivity index is 2.08. The molecule has 6 nitrogen and oxygen atoms in total. The molecule has 1 aliphatic rings. The first-order chi connectivity index (χ1) is 7.68. The third-order valence-corrected chi connectivity index (χ3v) is 3.90. The highest BCUT2D eigenvalue weighted by Gasteiger charge is 2.23. The monoisotopic (exact) mass is 241 g/mol. The van der Waals surface area contributed by atoms with Gasteiger partial charge in [0.15, 0.2) is 5.16 Å². The highest BCUT2D eigenvalue weighted by atomic mass is 32.2. The summed E-state index contributed by atoms with van der Waals surface area (Å²) in [6.07, 6.45) is 2.98. The Morgan fingerprint density at radius 3 is 3.00 bits per heavy atom. The molecule has 3 N–H and O–H groups in total. The van der Waals surface area contributed by atoms with Crippen LogP contribution in [-0.2, 0) is 11.8 Å². The summed E-state index contributed by atoms with van der Waals surface area (Å²) in [6, 6.07) is 0. The number of thioether (sulfide) groups is 1. The number of rotatable bonds is 2. The maximum absolute atomic E-state index is 11.7. The second-order valence-corrected chi connectivity index (χ2v) is 4.96. The zero-order valence-electron chi connectivity index (χ0n) is 9.14. The van der Waals surface area contributed by atoms with Gasteiger partial charge < -0.3 is 11.1 Å². The van der Waals surface area contributed by atoms with Crippen molar-refractivity contribution in [3.63, 3.8) is 0 Å². The Kier molecular flexibility index (Phi) is 3.33. The molecule has 1 aromatic rings. The fourth-order valence-corrected chi connectivity index (χ4v) is 2.65. The molecule has 0 radical (unpaired) electrons. The van der Waals surface area contributed by atoms with Gasteiger partial charge in [-0.1, -0.05) is 18.2 Å². The van der Waals surface area contributed by atoms with E-state index in [1.165, 1.54) is 11.8 Å². The fraction of sp³-hybridized carbons (Fsp3) is 0.667. The van der Waals surface area contributed by atoms with E-state index >= 15 is 0 Å². The minimum atomic E-state index is -0.0789. The molecule has 1 aliphatic heterocycles. The summed E-state index contributed by atoms with van der Waals surface area (Å²) in [5, 5.41) is 11.2. The van der Waals surface area contributed by atoms with Crippen LogP contribution in [0.15, 0.2) is 5.16 Å². The summed E-state index contributed by atoms with van der Waals surface area (Å²) in [5.74, 6) is 0.459. The standard InChI is InChI=1S/C9H15N5OS/c1-14-8(10)12-13-9(14)16-6-4-2-3-5-11-7(6)15/h6H,2-5H2,1H3,(H2,10,12)(H,11,15). The topological polar surface area (TPSA) is 85.8 Å². The van der Waals surface area contributed by atoms with E-state index in [0.717, 1.165) is 25.8 Å². The van der Waals surface area contributed by atoms with Gasteiger partial charge in [-0.3, -0.25) is 9.36 Å². The molecule has 1 unspecified atom stereocenters. The van der Waals surface area contributed by atoms with Crippen LogP contribution in [0.3, 0.4) is 0 Å². The maximum atomic E-state index is 11.7. The number of amides is 1. The van der Waals surface area contributed by atoms with Crippen molar-refractivity contribution in [2.75, 3.05) is 12.3 Å². The van der Waals surface area contributed by atoms with Crippen LogP contribution in [0.4, 0.5) is 5.95 Å². The molecule has 1 fully saturated rings. The van der Waals surface area contributed by atoms with E-state index in [1.807, 2.05) is 0 Å². The number of hydrogen-bond acceptors (Lipinski definition) is 5. The lowest BCUT2D eigenvalue weighted by atomic mass is 10.2. The van der Waals surface area contributed by atoms with Gasteiger partial charge in [-0.25, -0.2) is 0 Å². The molecule has 0 aromatic carbocycles. The van der Waals surface area contributed by atoms with Crippen molar-refractivity contribution in [3.05, 3.63) is 0 Å². The van der Waals surface area contributed by atoms with Gasteiger partial charge in [0, 0.05) is 13.6 Å². The van der Waals surface area contributed by atoms with Crippen molar-refractivity contribution in [2.45, 2.75) is 29.7 Å². The van der Waals surface area contributed by atoms with Crippen molar-refractivity contribution in [1.29, 1.82) is 0 Å². The molecule has 2 rings (SSSR count). The lowest BCUT2D eigenvalue weighted by Gasteiger charge is -2.11. The number of hydrogen-bond donors (Lipinski definition) is 2. The summed E-state index contributed by atoms with van der Waals surface area (Å²) < 4.78 is 1.70. The second kappa shape index (κ2) is 4.73. The van der Waals surface area contributed by atoms with E-state index in [9.17, 15) is 4.79 Å². The quantitative estimate of drug-likeness (QED) is 0.770. The average molecular weight is 241 g/mol. The van der Waals surface area contributed by atoms with Gasteiger partial charge in [0.05, 0.1) is 5.25 Å². The molecular weight excluding hydrogens is 226 g/mol. The molecule has 0 saturated carbocycles. The first-order valence-electron chi connectivity index (χ1n) is 5.27. The van der Waals surface area contributed by atoms with E-state index < -0.39 is 0 Å². The molecule has 1 atom stereocenters. The van der Waals surface area contributed by atoms with Crippen molar-refractivity contribution >= 4 is 23.6 Å². The highest BCUT2D eigenvalue weighted by Crippen LogP contribution is 2.26. The number of nitrogen functional groups attached to an aromatic ring is 1. The van der Waals surface area contributed by atoms with Gasteiger partial charge >= 0.3 is 0 Å². The lowest BCUT2D eigenvalue weighted by molar-refractivity contribution is -0.120. The molecule has 2 heterocycles. The first-order valence-corrected chi connectivity index (χ1v) is 6.15. The number of anilines is 1. The van der Waals surface area contributed by atoms with Crippen LogP contribution in [0.5, 0.6) is 0 Å². The SMILES string of the molecule is Cn1c(N)nnc1SC1CCCCNC1=O. The smallest absolute Gasteiger partial charge is 0.233 e. The fourth-order valence-electron chi connectivity index (χ4n) is 1.58. The van der Waals surface area contributed by atoms with Crippen LogP contribution in [0.2, 0.25) is 0 Å². The van der Waals surface area contributed by atoms with Crippen LogP contribution in [0.1, 0.15) is 19.3 Å². The van der Waals surface area contributed by atoms with E-state index in [0.29, 0.717) is 11.1 Å². The summed E-state index contributed by atoms with van der Waals surface area (Å²) in [4.78, 5) is 11.7. The second-order valence-electron chi connectivity index (χ2n) is 3.79. The van der Waals surface area contributed by atoms with Crippen molar-refractivity contribution < 1.29 is 4.79 Å². The number of nitrogens with two attached hydrogens (primary N) is 1. The van der Waals surface area contributed by atoms with Gasteiger partial charge in [-0.05, 0) is 12.8 Å². The Hall–Kier alpha value is -1.24. The van der Waals surface area contributed by atoms with Crippen LogP contribution in [-0.4, -0.2) is 32.5 Å². The molecular formula is C9H15N5OS. The summed E-state index contributed by atoms with van der Waals surface area (Å²) >= 11 is 1.43. The van der Waals surface area contributed by atoms with Gasteiger partial charge in [-0.15, -0.1) is 10.2 Å². The van der Waals surface area contributed by atoms with Crippen LogP contribution < -0.4 is 11.1 Å². The van der Waals surface area contributed by atoms with Gasteiger partial charge in [0.1, 0.15) is 0 Å². The Bertz CT molecular complexity index is 391. The molecule has 0 bridgehead atoms. The minimum Gasteiger partial charge on any atom is -0.368 e. The molecule has 1 aromatic heterocycles. The number of nitrogens with zero attached hydrogens (tertiary/aromatic N) is 3. The van der Waals surface area contributed by atoms with E-state index in [2.05, 4.69) is 15.5 Å². The number of carbonyl (C=O) groups is 1. The molecule has 0 spiro atoms. The predicted molar refractivity (Wildman–Crippen MR) is 61.9 cm³/mol. The molecule has 16 heavy (non-hydrogen) atoms.